The quantitative estimate of drug-likeness (QED) is 0.0746. The van der Waals surface area contributed by atoms with Crippen LogP contribution in [0.1, 0.15) is 141 Å². The number of aromatic nitrogens is 9. The Morgan fingerprint density at radius 3 is 1.19 bits per heavy atom. The number of anilines is 2. The van der Waals surface area contributed by atoms with E-state index >= 15 is 0 Å². The highest BCUT2D eigenvalue weighted by atomic mass is 79.9. The maximum absolute atomic E-state index is 13.7. The number of halogens is 10. The average molecular weight is 1170 g/mol. The van der Waals surface area contributed by atoms with E-state index in [1.165, 1.54) is 18.2 Å². The van der Waals surface area contributed by atoms with E-state index in [9.17, 15) is 39.5 Å². The molecule has 3 N–H and O–H groups in total. The van der Waals surface area contributed by atoms with Crippen molar-refractivity contribution in [3.05, 3.63) is 109 Å². The van der Waals surface area contributed by atoms with Gasteiger partial charge in [0.2, 0.25) is 0 Å². The number of aryl methyl sites for hydroxylation is 3. The fraction of sp³-hybridized carbons (Fsp3) is 0.389. The first-order valence-electron chi connectivity index (χ1n) is 24.3. The normalized spacial score (nSPS) is 14.4. The maximum atomic E-state index is 13.7. The zero-order valence-electron chi connectivity index (χ0n) is 41.5. The maximum Gasteiger partial charge on any atom is 0.418 e. The molecule has 6 heterocycles. The second kappa shape index (κ2) is 22.9. The van der Waals surface area contributed by atoms with E-state index in [1.54, 1.807) is 45.0 Å². The van der Waals surface area contributed by atoms with Crippen LogP contribution in [0.3, 0.4) is 0 Å². The molecule has 0 unspecified atom stereocenters. The lowest BCUT2D eigenvalue weighted by Gasteiger charge is -2.14. The summed E-state index contributed by atoms with van der Waals surface area (Å²) < 4.78 is 138. The van der Waals surface area contributed by atoms with E-state index in [0.29, 0.717) is 39.4 Å². The second-order valence-corrected chi connectivity index (χ2v) is 19.9. The van der Waals surface area contributed by atoms with Crippen molar-refractivity contribution in [2.45, 2.75) is 130 Å². The van der Waals surface area contributed by atoms with Crippen LogP contribution in [0.5, 0.6) is 0 Å². The van der Waals surface area contributed by atoms with Crippen molar-refractivity contribution in [2.75, 3.05) is 17.6 Å². The third-order valence-corrected chi connectivity index (χ3v) is 13.5. The number of nitrogens with one attached hydrogen (secondary N) is 1. The summed E-state index contributed by atoms with van der Waals surface area (Å²) in [6, 6.07) is 14.2. The van der Waals surface area contributed by atoms with E-state index in [4.69, 9.17) is 19.0 Å². The van der Waals surface area contributed by atoms with Crippen LogP contribution in [-0.4, -0.2) is 60.5 Å². The number of benzene rings is 3. The molecule has 0 spiro atoms. The van der Waals surface area contributed by atoms with Crippen LogP contribution in [0.25, 0.3) is 67.5 Å². The van der Waals surface area contributed by atoms with E-state index < -0.39 is 35.2 Å². The number of pyridine rings is 3. The molecule has 415 valence electrons. The van der Waals surface area contributed by atoms with Gasteiger partial charge in [-0.05, 0) is 171 Å². The Bertz CT molecular complexity index is 3510. The molecule has 3 aliphatic rings. The van der Waals surface area contributed by atoms with Crippen LogP contribution in [-0.2, 0) is 18.5 Å². The number of nitrogen functional groups attached to an aromatic ring is 1. The fourth-order valence-corrected chi connectivity index (χ4v) is 9.12. The van der Waals surface area contributed by atoms with Crippen LogP contribution in [0, 0.1) is 20.8 Å². The van der Waals surface area contributed by atoms with Crippen molar-refractivity contribution in [1.29, 1.82) is 0 Å². The smallest absolute Gasteiger partial charge is 0.409 e. The highest BCUT2D eigenvalue weighted by Gasteiger charge is 2.39. The van der Waals surface area contributed by atoms with Crippen molar-refractivity contribution in [1.82, 2.24) is 45.5 Å². The SMILES string of the molecule is C.C.CCCCNc1nnc(-c2cc(C)c3cc(C4CC4)cc(C(F)(F)F)c3n2)o1.Cc1cc(-c2nnc(Br)o2)nc2c(C(F)(F)F)cc(C3CC3)cc12.Cc1cc(-c2nnc(N)o2)nc2c(C(F)(F)F)cc(C3CC3)cc12.[B]. The van der Waals surface area contributed by atoms with Gasteiger partial charge in [0.05, 0.1) is 33.2 Å². The summed E-state index contributed by atoms with van der Waals surface area (Å²) in [6.45, 7) is 8.03. The predicted molar refractivity (Wildman–Crippen MR) is 285 cm³/mol. The molecule has 3 radical (unpaired) electrons. The first-order valence-corrected chi connectivity index (χ1v) is 25.1. The van der Waals surface area contributed by atoms with E-state index in [0.717, 1.165) is 68.1 Å². The Morgan fingerprint density at radius 1 is 0.519 bits per heavy atom. The van der Waals surface area contributed by atoms with Crippen molar-refractivity contribution in [3.63, 3.8) is 0 Å². The molecule has 14 nitrogen and oxygen atoms in total. The van der Waals surface area contributed by atoms with Gasteiger partial charge in [0.25, 0.3) is 22.5 Å². The number of hydrogen-bond acceptors (Lipinski definition) is 14. The molecule has 0 bridgehead atoms. The number of nitrogens with zero attached hydrogens (tertiary/aromatic N) is 9. The summed E-state index contributed by atoms with van der Waals surface area (Å²) in [7, 11) is 0. The van der Waals surface area contributed by atoms with E-state index in [1.807, 2.05) is 12.1 Å². The number of fused-ring (bicyclic) bond motifs is 3. The number of hydrogen-bond donors (Lipinski definition) is 2. The van der Waals surface area contributed by atoms with Gasteiger partial charge in [0.15, 0.2) is 0 Å². The molecule has 0 amide bonds. The molecule has 6 aromatic heterocycles. The largest absolute Gasteiger partial charge is 0.418 e. The first-order chi connectivity index (χ1) is 36.0. The molecule has 0 aliphatic heterocycles. The summed E-state index contributed by atoms with van der Waals surface area (Å²) in [5.41, 5.74) is 7.82. The van der Waals surface area contributed by atoms with Gasteiger partial charge >= 0.3 is 30.6 Å². The number of rotatable bonds is 10. The topological polar surface area (TPSA) is 193 Å². The molecule has 3 aliphatic carbocycles. The minimum absolute atomic E-state index is 0. The van der Waals surface area contributed by atoms with Gasteiger partial charge in [-0.15, -0.1) is 20.4 Å². The van der Waals surface area contributed by atoms with Gasteiger partial charge in [0, 0.05) is 47.0 Å². The molecule has 0 atom stereocenters. The van der Waals surface area contributed by atoms with Crippen LogP contribution >= 0.6 is 15.9 Å². The van der Waals surface area contributed by atoms with E-state index in [-0.39, 0.29) is 109 Å². The molecule has 3 saturated carbocycles. The molecular weight excluding hydrogens is 1110 g/mol. The monoisotopic (exact) mass is 1160 g/mol. The van der Waals surface area contributed by atoms with Crippen LogP contribution in [0.15, 0.2) is 72.6 Å². The van der Waals surface area contributed by atoms with Crippen molar-refractivity contribution in [3.8, 4) is 34.8 Å². The van der Waals surface area contributed by atoms with Crippen LogP contribution in [0.4, 0.5) is 51.5 Å². The molecule has 3 fully saturated rings. The standard InChI is InChI=1S/C20H21F3N4O.C16H11BrF3N3O.C16H13F3N4O.2CH4.B/c1-3-4-7-24-19-27-26-18(28-19)16-8-11(2)14-9-13(12-5-6-12)10-15(17(14)25-16)20(21,22)23;1-7-4-12(14-22-23-15(17)24-14)21-13-10(7)5-9(8-2-3-8)6-11(13)16(18,19)20;1-7-4-12(14-22-23-15(20)24-14)21-13-10(7)5-9(8-2-3-8)6-11(13)16(17,18)19;;;/h8-10,12H,3-7H2,1-2H3,(H,24,27);4-6,8H,2-3H2,1H3;4-6,8H,2-3H2,1H3,(H2,20,23);2*1H4;. The van der Waals surface area contributed by atoms with Gasteiger partial charge in [-0.25, -0.2) is 15.0 Å². The number of alkyl halides is 9. The molecule has 9 aromatic rings. The van der Waals surface area contributed by atoms with Crippen molar-refractivity contribution >= 4 is 69.1 Å². The predicted octanol–water partition coefficient (Wildman–Crippen LogP) is 15.9. The molecule has 3 aromatic carbocycles. The van der Waals surface area contributed by atoms with Gasteiger partial charge in [0.1, 0.15) is 17.1 Å². The van der Waals surface area contributed by atoms with Gasteiger partial charge in [-0.2, -0.15) is 39.5 Å². The lowest BCUT2D eigenvalue weighted by Crippen LogP contribution is -2.08. The zero-order valence-corrected chi connectivity index (χ0v) is 43.1. The lowest BCUT2D eigenvalue weighted by molar-refractivity contribution is -0.137. The Labute approximate surface area is 457 Å². The third-order valence-electron chi connectivity index (χ3n) is 13.2. The summed E-state index contributed by atoms with van der Waals surface area (Å²) in [5.74, 6) is 0.829. The van der Waals surface area contributed by atoms with Gasteiger partial charge in [-0.1, -0.05) is 38.4 Å². The Morgan fingerprint density at radius 2 is 0.873 bits per heavy atom. The average Bonchev–Trinajstić information content (AvgIpc) is 4.51. The van der Waals surface area contributed by atoms with Gasteiger partial charge < -0.3 is 24.3 Å². The summed E-state index contributed by atoms with van der Waals surface area (Å²) in [6.07, 6.45) is -5.90. The molecule has 12 rings (SSSR count). The fourth-order valence-electron chi connectivity index (χ4n) is 8.89. The van der Waals surface area contributed by atoms with Crippen molar-refractivity contribution in [2.24, 2.45) is 0 Å². The zero-order chi connectivity index (χ0) is 54.0. The highest BCUT2D eigenvalue weighted by molar-refractivity contribution is 9.10. The molecule has 0 saturated heterocycles. The Kier molecular flexibility index (Phi) is 17.2. The minimum atomic E-state index is -4.49. The van der Waals surface area contributed by atoms with E-state index in [2.05, 4.69) is 73.7 Å². The molecule has 79 heavy (non-hydrogen) atoms. The van der Waals surface area contributed by atoms with Crippen molar-refractivity contribution < 1.29 is 52.8 Å². The lowest BCUT2D eigenvalue weighted by atomic mass is 9.98. The first kappa shape index (κ1) is 59.5. The Hall–Kier alpha value is -7.18. The third kappa shape index (κ3) is 13.1. The Balaban J connectivity index is 0.000000169. The number of nitrogens with two attached hydrogens (primary N) is 1. The summed E-state index contributed by atoms with van der Waals surface area (Å²) in [4.78, 5) is 12.7. The minimum Gasteiger partial charge on any atom is -0.409 e. The molecule has 25 heteroatoms. The summed E-state index contributed by atoms with van der Waals surface area (Å²) >= 11 is 3.03. The number of unbranched alkanes of at least 4 members (excludes halogenated alkanes) is 1. The van der Waals surface area contributed by atoms with Crippen LogP contribution in [0.2, 0.25) is 0 Å². The van der Waals surface area contributed by atoms with Crippen LogP contribution < -0.4 is 11.1 Å². The van der Waals surface area contributed by atoms with Gasteiger partial charge in [-0.3, -0.25) is 0 Å². The second-order valence-electron chi connectivity index (χ2n) is 19.2. The summed E-state index contributed by atoms with van der Waals surface area (Å²) in [5, 5.41) is 27.0. The molecular formula is C54H53BBrF9N11O3. The highest BCUT2D eigenvalue weighted by Crippen LogP contribution is 2.48.